The first-order valence-electron chi connectivity index (χ1n) is 6.32. The van der Waals surface area contributed by atoms with Crippen molar-refractivity contribution < 1.29 is 5.11 Å². The molecule has 0 fully saturated rings. The van der Waals surface area contributed by atoms with E-state index >= 15 is 0 Å². The quantitative estimate of drug-likeness (QED) is 0.730. The highest BCUT2D eigenvalue weighted by Crippen LogP contribution is 2.26. The van der Waals surface area contributed by atoms with E-state index in [4.69, 9.17) is 0 Å². The van der Waals surface area contributed by atoms with Gasteiger partial charge in [-0.2, -0.15) is 0 Å². The number of benzene rings is 3. The third-order valence-corrected chi connectivity index (χ3v) is 3.20. The molecule has 0 unspecified atom stereocenters. The zero-order valence-corrected chi connectivity index (χ0v) is 10.5. The van der Waals surface area contributed by atoms with Gasteiger partial charge in [-0.1, -0.05) is 42.5 Å². The SMILES string of the molecule is Oc1cccc2cc(NCc3ccccc3)ccc12. The van der Waals surface area contributed by atoms with Crippen molar-refractivity contribution in [3.8, 4) is 5.75 Å². The smallest absolute Gasteiger partial charge is 0.123 e. The second-order valence-corrected chi connectivity index (χ2v) is 4.55. The number of hydrogen-bond acceptors (Lipinski definition) is 2. The second-order valence-electron chi connectivity index (χ2n) is 4.55. The maximum atomic E-state index is 9.75. The Morgan fingerprint density at radius 3 is 2.53 bits per heavy atom. The van der Waals surface area contributed by atoms with Gasteiger partial charge >= 0.3 is 0 Å². The monoisotopic (exact) mass is 249 g/mol. The fourth-order valence-corrected chi connectivity index (χ4v) is 2.18. The Balaban J connectivity index is 1.82. The van der Waals surface area contributed by atoms with Crippen LogP contribution >= 0.6 is 0 Å². The number of aromatic hydroxyl groups is 1. The molecule has 3 rings (SSSR count). The first-order valence-corrected chi connectivity index (χ1v) is 6.32. The van der Waals surface area contributed by atoms with Crippen LogP contribution in [0.5, 0.6) is 5.75 Å². The van der Waals surface area contributed by atoms with E-state index in [-0.39, 0.29) is 0 Å². The molecule has 0 aliphatic carbocycles. The highest BCUT2D eigenvalue weighted by molar-refractivity contribution is 5.90. The molecule has 0 aliphatic rings. The van der Waals surface area contributed by atoms with E-state index in [1.165, 1.54) is 5.56 Å². The van der Waals surface area contributed by atoms with Gasteiger partial charge in [-0.15, -0.1) is 0 Å². The van der Waals surface area contributed by atoms with Crippen LogP contribution in [0.1, 0.15) is 5.56 Å². The largest absolute Gasteiger partial charge is 0.507 e. The van der Waals surface area contributed by atoms with E-state index in [0.29, 0.717) is 5.75 Å². The van der Waals surface area contributed by atoms with Gasteiger partial charge in [-0.25, -0.2) is 0 Å². The van der Waals surface area contributed by atoms with Gasteiger partial charge in [-0.3, -0.25) is 0 Å². The van der Waals surface area contributed by atoms with Crippen LogP contribution in [0, 0.1) is 0 Å². The summed E-state index contributed by atoms with van der Waals surface area (Å²) < 4.78 is 0. The molecular formula is C17H15NO. The van der Waals surface area contributed by atoms with Crippen LogP contribution < -0.4 is 5.32 Å². The van der Waals surface area contributed by atoms with Crippen molar-refractivity contribution >= 4 is 16.5 Å². The van der Waals surface area contributed by atoms with E-state index in [0.717, 1.165) is 23.0 Å². The lowest BCUT2D eigenvalue weighted by molar-refractivity contribution is 0.481. The first-order chi connectivity index (χ1) is 9.33. The molecule has 0 bridgehead atoms. The van der Waals surface area contributed by atoms with Gasteiger partial charge in [0.1, 0.15) is 5.75 Å². The molecule has 0 saturated carbocycles. The maximum Gasteiger partial charge on any atom is 0.123 e. The number of phenolic OH excluding ortho intramolecular Hbond substituents is 1. The number of rotatable bonds is 3. The van der Waals surface area contributed by atoms with Gasteiger partial charge in [0.05, 0.1) is 0 Å². The molecular weight excluding hydrogens is 234 g/mol. The summed E-state index contributed by atoms with van der Waals surface area (Å²) in [6.45, 7) is 0.797. The maximum absolute atomic E-state index is 9.75. The summed E-state index contributed by atoms with van der Waals surface area (Å²) in [4.78, 5) is 0. The summed E-state index contributed by atoms with van der Waals surface area (Å²) >= 11 is 0. The van der Waals surface area contributed by atoms with Crippen LogP contribution in [0.2, 0.25) is 0 Å². The summed E-state index contributed by atoms with van der Waals surface area (Å²) in [5, 5.41) is 15.1. The topological polar surface area (TPSA) is 32.3 Å². The molecule has 2 heteroatoms. The van der Waals surface area contributed by atoms with Crippen molar-refractivity contribution in [2.45, 2.75) is 6.54 Å². The second kappa shape index (κ2) is 5.02. The van der Waals surface area contributed by atoms with Crippen molar-refractivity contribution in [2.75, 3.05) is 5.32 Å². The van der Waals surface area contributed by atoms with Gasteiger partial charge in [0.25, 0.3) is 0 Å². The Kier molecular flexibility index (Phi) is 3.07. The summed E-state index contributed by atoms with van der Waals surface area (Å²) in [5.41, 5.74) is 2.31. The van der Waals surface area contributed by atoms with E-state index in [1.807, 2.05) is 42.5 Å². The number of anilines is 1. The molecule has 0 heterocycles. The fraction of sp³-hybridized carbons (Fsp3) is 0.0588. The third-order valence-electron chi connectivity index (χ3n) is 3.20. The number of phenols is 1. The van der Waals surface area contributed by atoms with Crippen LogP contribution in [0.25, 0.3) is 10.8 Å². The van der Waals surface area contributed by atoms with Crippen molar-refractivity contribution in [1.82, 2.24) is 0 Å². The Bertz CT molecular complexity index is 692. The molecule has 3 aromatic carbocycles. The van der Waals surface area contributed by atoms with E-state index in [9.17, 15) is 5.11 Å². The van der Waals surface area contributed by atoms with E-state index < -0.39 is 0 Å². The van der Waals surface area contributed by atoms with Crippen molar-refractivity contribution in [3.63, 3.8) is 0 Å². The van der Waals surface area contributed by atoms with Crippen molar-refractivity contribution in [2.24, 2.45) is 0 Å². The molecule has 19 heavy (non-hydrogen) atoms. The van der Waals surface area contributed by atoms with Gasteiger partial charge in [0.15, 0.2) is 0 Å². The fourth-order valence-electron chi connectivity index (χ4n) is 2.18. The minimum atomic E-state index is 0.326. The Morgan fingerprint density at radius 2 is 1.68 bits per heavy atom. The minimum Gasteiger partial charge on any atom is -0.507 e. The molecule has 0 atom stereocenters. The highest BCUT2D eigenvalue weighted by atomic mass is 16.3. The van der Waals surface area contributed by atoms with Crippen LogP contribution in [0.15, 0.2) is 66.7 Å². The molecule has 0 aliphatic heterocycles. The molecule has 2 N–H and O–H groups in total. The molecule has 0 saturated heterocycles. The van der Waals surface area contributed by atoms with Gasteiger partial charge in [-0.05, 0) is 35.2 Å². The zero-order chi connectivity index (χ0) is 13.1. The average Bonchev–Trinajstić information content (AvgIpc) is 2.46. The van der Waals surface area contributed by atoms with Gasteiger partial charge in [0.2, 0.25) is 0 Å². The van der Waals surface area contributed by atoms with Crippen LogP contribution in [0.4, 0.5) is 5.69 Å². The summed E-state index contributed by atoms with van der Waals surface area (Å²) in [6, 6.07) is 21.8. The molecule has 0 amide bonds. The summed E-state index contributed by atoms with van der Waals surface area (Å²) in [6.07, 6.45) is 0. The van der Waals surface area contributed by atoms with Crippen LogP contribution in [-0.2, 0) is 6.54 Å². The van der Waals surface area contributed by atoms with Crippen molar-refractivity contribution in [1.29, 1.82) is 0 Å². The lowest BCUT2D eigenvalue weighted by atomic mass is 10.1. The molecule has 0 spiro atoms. The predicted octanol–water partition coefficient (Wildman–Crippen LogP) is 4.16. The first kappa shape index (κ1) is 11.6. The van der Waals surface area contributed by atoms with E-state index in [1.54, 1.807) is 6.07 Å². The standard InChI is InChI=1S/C17H15NO/c19-17-8-4-7-14-11-15(9-10-16(14)17)18-12-13-5-2-1-3-6-13/h1-11,18-19H,12H2. The van der Waals surface area contributed by atoms with Crippen LogP contribution in [-0.4, -0.2) is 5.11 Å². The Morgan fingerprint density at radius 1 is 0.842 bits per heavy atom. The molecule has 0 radical (unpaired) electrons. The Labute approximate surface area is 112 Å². The predicted molar refractivity (Wildman–Crippen MR) is 79.4 cm³/mol. The van der Waals surface area contributed by atoms with Crippen LogP contribution in [0.3, 0.4) is 0 Å². The minimum absolute atomic E-state index is 0.326. The lowest BCUT2D eigenvalue weighted by Crippen LogP contribution is -1.98. The Hall–Kier alpha value is -2.48. The third kappa shape index (κ3) is 2.52. The number of hydrogen-bond donors (Lipinski definition) is 2. The van der Waals surface area contributed by atoms with Gasteiger partial charge in [0, 0.05) is 17.6 Å². The number of fused-ring (bicyclic) bond motifs is 1. The summed E-state index contributed by atoms with van der Waals surface area (Å²) in [5.74, 6) is 0.326. The zero-order valence-electron chi connectivity index (χ0n) is 10.5. The molecule has 94 valence electrons. The molecule has 2 nitrogen and oxygen atoms in total. The number of nitrogens with one attached hydrogen (secondary N) is 1. The van der Waals surface area contributed by atoms with E-state index in [2.05, 4.69) is 23.5 Å². The molecule has 0 aromatic heterocycles. The van der Waals surface area contributed by atoms with Crippen molar-refractivity contribution in [3.05, 3.63) is 72.3 Å². The lowest BCUT2D eigenvalue weighted by Gasteiger charge is -2.08. The summed E-state index contributed by atoms with van der Waals surface area (Å²) in [7, 11) is 0. The normalized spacial score (nSPS) is 10.5. The molecule has 3 aromatic rings. The highest BCUT2D eigenvalue weighted by Gasteiger charge is 2.00. The average molecular weight is 249 g/mol. The van der Waals surface area contributed by atoms with Gasteiger partial charge < -0.3 is 10.4 Å².